The summed E-state index contributed by atoms with van der Waals surface area (Å²) in [6.07, 6.45) is 0. The topological polar surface area (TPSA) is 57.5 Å². The van der Waals surface area contributed by atoms with Crippen molar-refractivity contribution in [2.45, 2.75) is 0 Å². The van der Waals surface area contributed by atoms with Gasteiger partial charge in [0.1, 0.15) is 0 Å². The first kappa shape index (κ1) is 10.9. The fourth-order valence-corrected chi connectivity index (χ4v) is 1.11. The summed E-state index contributed by atoms with van der Waals surface area (Å²) in [6, 6.07) is 8.29. The van der Waals surface area contributed by atoms with Gasteiger partial charge in [-0.2, -0.15) is 30.3 Å². The summed E-state index contributed by atoms with van der Waals surface area (Å²) in [5.41, 5.74) is 0. The molecule has 62 valence electrons. The largest absolute Gasteiger partial charge is 0.332 e. The van der Waals surface area contributed by atoms with E-state index in [0.717, 1.165) is 0 Å². The van der Waals surface area contributed by atoms with Crippen molar-refractivity contribution in [3.63, 3.8) is 0 Å². The van der Waals surface area contributed by atoms with Gasteiger partial charge in [0.25, 0.3) is 0 Å². The van der Waals surface area contributed by atoms with Crippen molar-refractivity contribution in [3.05, 3.63) is 30.3 Å². The average Bonchev–Trinajstić information content (AvgIpc) is 1.88. The smallest absolute Gasteiger partial charge is 0.322 e. The zero-order valence-corrected chi connectivity index (χ0v) is 7.41. The van der Waals surface area contributed by atoms with Gasteiger partial charge in [0.15, 0.2) is 0 Å². The van der Waals surface area contributed by atoms with Crippen molar-refractivity contribution in [1.29, 1.82) is 0 Å². The van der Waals surface area contributed by atoms with E-state index >= 15 is 0 Å². The summed E-state index contributed by atoms with van der Waals surface area (Å²) in [5, 5.41) is 0.0336. The van der Waals surface area contributed by atoms with Crippen LogP contribution < -0.4 is 5.30 Å². The molecule has 0 amide bonds. The molecule has 0 saturated carbocycles. The minimum Gasteiger partial charge on any atom is -0.322 e. The summed E-state index contributed by atoms with van der Waals surface area (Å²) in [5.74, 6) is 0. The van der Waals surface area contributed by atoms with Crippen LogP contribution in [0.2, 0.25) is 0 Å². The van der Waals surface area contributed by atoms with Crippen LogP contribution in [0.4, 0.5) is 0 Å². The van der Waals surface area contributed by atoms with E-state index in [-0.39, 0.29) is 22.4 Å². The van der Waals surface area contributed by atoms with E-state index in [1.807, 2.05) is 0 Å². The summed E-state index contributed by atoms with van der Waals surface area (Å²) in [7, 11) is -4.04. The minimum atomic E-state index is -4.04. The predicted octanol–water partition coefficient (Wildman–Crippen LogP) is 0.287. The Kier molecular flexibility index (Phi) is 4.01. The van der Waals surface area contributed by atoms with Gasteiger partial charge in [-0.1, -0.05) is 0 Å². The molecule has 1 aromatic rings. The zero-order chi connectivity index (χ0) is 7.61. The normalized spacial score (nSPS) is 10.4. The summed E-state index contributed by atoms with van der Waals surface area (Å²) in [6.45, 7) is 0. The quantitative estimate of drug-likeness (QED) is 0.400. The minimum absolute atomic E-state index is 0. The van der Waals surface area contributed by atoms with Crippen LogP contribution >= 0.6 is 7.60 Å². The van der Waals surface area contributed by atoms with Crippen LogP contribution in [-0.4, -0.2) is 9.79 Å². The molecule has 0 aromatic heterocycles. The van der Waals surface area contributed by atoms with Crippen molar-refractivity contribution in [1.82, 2.24) is 0 Å². The Labute approximate surface area is 75.1 Å². The molecule has 5 heteroatoms. The third-order valence-electron chi connectivity index (χ3n) is 1.04. The van der Waals surface area contributed by atoms with E-state index in [9.17, 15) is 4.57 Å². The second kappa shape index (κ2) is 4.05. The maximum atomic E-state index is 10.5. The van der Waals surface area contributed by atoms with E-state index in [1.165, 1.54) is 24.3 Å². The first-order valence-electron chi connectivity index (χ1n) is 2.63. The molecule has 1 rings (SSSR count). The molecule has 0 aliphatic carbocycles. The van der Waals surface area contributed by atoms with E-state index < -0.39 is 7.60 Å². The van der Waals surface area contributed by atoms with Crippen molar-refractivity contribution >= 4 is 12.9 Å². The van der Waals surface area contributed by atoms with Crippen molar-refractivity contribution in [3.8, 4) is 0 Å². The second-order valence-corrected chi connectivity index (χ2v) is 3.41. The van der Waals surface area contributed by atoms with Crippen LogP contribution in [0.1, 0.15) is 0 Å². The Hall–Kier alpha value is -0.111. The number of hydrogen-bond acceptors (Lipinski definition) is 1. The SMILES string of the molecule is O=P(O)(O)c1cc[c-]cc1.[Fe]. The monoisotopic (exact) mass is 213 g/mol. The molecular weight excluding hydrogens is 207 g/mol. The summed E-state index contributed by atoms with van der Waals surface area (Å²) < 4.78 is 10.5. The molecular formula is C6H6FeO3P-. The van der Waals surface area contributed by atoms with Crippen LogP contribution in [0.3, 0.4) is 0 Å². The fraction of sp³-hybridized carbons (Fsp3) is 0. The molecule has 0 aliphatic heterocycles. The maximum Gasteiger partial charge on any atom is 0.332 e. The third-order valence-corrected chi connectivity index (χ3v) is 2.01. The van der Waals surface area contributed by atoms with E-state index in [4.69, 9.17) is 9.79 Å². The molecule has 0 unspecified atom stereocenters. The molecule has 0 saturated heterocycles. The molecule has 3 nitrogen and oxygen atoms in total. The van der Waals surface area contributed by atoms with Crippen LogP contribution in [0, 0.1) is 6.07 Å². The van der Waals surface area contributed by atoms with Crippen molar-refractivity contribution in [2.75, 3.05) is 0 Å². The molecule has 0 bridgehead atoms. The molecule has 0 fully saturated rings. The summed E-state index contributed by atoms with van der Waals surface area (Å²) >= 11 is 0. The molecule has 2 N–H and O–H groups in total. The Morgan fingerprint density at radius 1 is 1.27 bits per heavy atom. The number of hydrogen-bond donors (Lipinski definition) is 2. The van der Waals surface area contributed by atoms with Crippen molar-refractivity contribution in [2.24, 2.45) is 0 Å². The van der Waals surface area contributed by atoms with Gasteiger partial charge in [-0.15, -0.1) is 0 Å². The van der Waals surface area contributed by atoms with Crippen LogP contribution in [0.5, 0.6) is 0 Å². The van der Waals surface area contributed by atoms with Crippen LogP contribution in [-0.2, 0) is 21.6 Å². The van der Waals surface area contributed by atoms with Crippen LogP contribution in [0.25, 0.3) is 0 Å². The zero-order valence-electron chi connectivity index (χ0n) is 5.41. The van der Waals surface area contributed by atoms with Crippen molar-refractivity contribution < 1.29 is 31.4 Å². The van der Waals surface area contributed by atoms with Gasteiger partial charge < -0.3 is 9.79 Å². The van der Waals surface area contributed by atoms with Crippen LogP contribution in [0.15, 0.2) is 24.3 Å². The Morgan fingerprint density at radius 2 is 1.73 bits per heavy atom. The third kappa shape index (κ3) is 3.19. The summed E-state index contributed by atoms with van der Waals surface area (Å²) in [4.78, 5) is 17.2. The van der Waals surface area contributed by atoms with Gasteiger partial charge in [0.2, 0.25) is 0 Å². The van der Waals surface area contributed by atoms with Gasteiger partial charge in [0.05, 0.1) is 0 Å². The van der Waals surface area contributed by atoms with E-state index in [1.54, 1.807) is 0 Å². The van der Waals surface area contributed by atoms with E-state index in [0.29, 0.717) is 0 Å². The molecule has 11 heavy (non-hydrogen) atoms. The first-order valence-corrected chi connectivity index (χ1v) is 4.24. The van der Waals surface area contributed by atoms with Gasteiger partial charge >= 0.3 is 7.60 Å². The molecule has 0 heterocycles. The van der Waals surface area contributed by atoms with Gasteiger partial charge in [-0.25, -0.2) is 0 Å². The number of benzene rings is 1. The first-order chi connectivity index (χ1) is 4.61. The van der Waals surface area contributed by atoms with Gasteiger partial charge in [-0.05, 0) is 5.30 Å². The van der Waals surface area contributed by atoms with Gasteiger partial charge in [0, 0.05) is 17.1 Å². The average molecular weight is 213 g/mol. The Morgan fingerprint density at radius 3 is 2.00 bits per heavy atom. The molecule has 1 aromatic carbocycles. The molecule has 0 spiro atoms. The fourth-order valence-electron chi connectivity index (χ4n) is 0.572. The molecule has 0 atom stereocenters. The van der Waals surface area contributed by atoms with Gasteiger partial charge in [-0.3, -0.25) is 4.57 Å². The standard InChI is InChI=1S/C6H6O3P.Fe/c7-10(8,9)6-4-2-1-3-5-6;/h2-5H,(H2,7,8,9);/q-1;. The maximum absolute atomic E-state index is 10.5. The van der Waals surface area contributed by atoms with E-state index in [2.05, 4.69) is 6.07 Å². The second-order valence-electron chi connectivity index (χ2n) is 1.80. The molecule has 0 radical (unpaired) electrons. The molecule has 0 aliphatic rings. The number of rotatable bonds is 1. The Balaban J connectivity index is 0.000001000. The predicted molar refractivity (Wildman–Crippen MR) is 37.0 cm³/mol. The Bertz CT molecular complexity index is 256.